The van der Waals surface area contributed by atoms with Crippen molar-refractivity contribution in [1.82, 2.24) is 14.8 Å². The molecule has 2 saturated heterocycles. The van der Waals surface area contributed by atoms with Gasteiger partial charge in [0.2, 0.25) is 25.4 Å². The lowest BCUT2D eigenvalue weighted by atomic mass is 9.74. The molecule has 2 unspecified atom stereocenters. The third-order valence-corrected chi connectivity index (χ3v) is 11.2. The smallest absolute Gasteiger partial charge is 0.247 e. The van der Waals surface area contributed by atoms with E-state index in [1.807, 2.05) is 70.5 Å². The van der Waals surface area contributed by atoms with E-state index >= 15 is 9.59 Å². The summed E-state index contributed by atoms with van der Waals surface area (Å²) < 4.78 is 22.8. The van der Waals surface area contributed by atoms with E-state index < -0.39 is 24.2 Å². The van der Waals surface area contributed by atoms with Gasteiger partial charge in [-0.1, -0.05) is 48.5 Å². The Morgan fingerprint density at radius 3 is 2.21 bits per heavy atom. The molecule has 4 aromatic carbocycles. The summed E-state index contributed by atoms with van der Waals surface area (Å²) in [6, 6.07) is 25.9. The fraction of sp³-hybridized carbons (Fsp3) is 0.263. The predicted molar refractivity (Wildman–Crippen MR) is 174 cm³/mol. The Morgan fingerprint density at radius 2 is 1.38 bits per heavy atom. The van der Waals surface area contributed by atoms with Crippen LogP contribution in [0.5, 0.6) is 23.0 Å². The van der Waals surface area contributed by atoms with E-state index in [2.05, 4.69) is 34.6 Å². The molecule has 10 nitrogen and oxygen atoms in total. The Balaban J connectivity index is 1.09. The second-order valence-electron chi connectivity index (χ2n) is 13.5. The van der Waals surface area contributed by atoms with Crippen LogP contribution in [0.25, 0.3) is 10.9 Å². The number of aromatic nitrogens is 1. The molecule has 48 heavy (non-hydrogen) atoms. The van der Waals surface area contributed by atoms with Crippen molar-refractivity contribution in [3.05, 3.63) is 113 Å². The Morgan fingerprint density at radius 1 is 0.688 bits per heavy atom. The van der Waals surface area contributed by atoms with Crippen LogP contribution in [0.1, 0.15) is 52.4 Å². The van der Waals surface area contributed by atoms with E-state index in [0.29, 0.717) is 35.8 Å². The number of benzene rings is 4. The van der Waals surface area contributed by atoms with E-state index in [-0.39, 0.29) is 37.4 Å². The maximum Gasteiger partial charge on any atom is 0.247 e. The number of ether oxygens (including phenoxy) is 4. The van der Waals surface area contributed by atoms with Gasteiger partial charge in [0.05, 0.1) is 18.1 Å². The van der Waals surface area contributed by atoms with Crippen LogP contribution in [0.15, 0.2) is 84.9 Å². The largest absolute Gasteiger partial charge is 0.454 e. The zero-order valence-electron chi connectivity index (χ0n) is 25.7. The van der Waals surface area contributed by atoms with Gasteiger partial charge in [-0.25, -0.2) is 0 Å². The third kappa shape index (κ3) is 3.46. The summed E-state index contributed by atoms with van der Waals surface area (Å²) in [6.07, 6.45) is 0.945. The standard InChI is InChI=1S/C38H30N4O6/c43-37-27-15-23-21-5-1-3-7-25(21)39-33(23)35(19-9-11-29-31(13-19)47-17-45-29)41(27)38(44)28-16-24-22-6-2-4-8-26(22)40-34(24)36(42(28)37)20-10-12-30-32(14-20)48-18-46-30/h1-14,23,27-28,33,35-36,39-40H,15-18H2/t23?,27-,28-,33?,35-,36-/m1/s1. The van der Waals surface area contributed by atoms with Gasteiger partial charge in [-0.05, 0) is 65.1 Å². The Bertz CT molecular complexity index is 2210. The zero-order valence-corrected chi connectivity index (χ0v) is 25.7. The number of anilines is 1. The van der Waals surface area contributed by atoms with Crippen molar-refractivity contribution in [3.8, 4) is 23.0 Å². The number of hydrogen-bond acceptors (Lipinski definition) is 7. The Hall–Kier alpha value is -5.64. The third-order valence-electron chi connectivity index (χ3n) is 11.2. The van der Waals surface area contributed by atoms with E-state index in [0.717, 1.165) is 39.0 Å². The van der Waals surface area contributed by atoms with Crippen molar-refractivity contribution in [2.45, 2.75) is 49.0 Å². The molecule has 238 valence electrons. The molecule has 1 aromatic heterocycles. The quantitative estimate of drug-likeness (QED) is 0.267. The van der Waals surface area contributed by atoms with Gasteiger partial charge in [0.1, 0.15) is 12.1 Å². The van der Waals surface area contributed by atoms with Crippen molar-refractivity contribution in [2.24, 2.45) is 0 Å². The van der Waals surface area contributed by atoms with Gasteiger partial charge in [0, 0.05) is 34.6 Å². The average Bonchev–Trinajstić information content (AvgIpc) is 3.92. The highest BCUT2D eigenvalue weighted by Gasteiger charge is 2.59. The van der Waals surface area contributed by atoms with Gasteiger partial charge in [-0.15, -0.1) is 0 Å². The SMILES string of the molecule is O=C1[C@H]2CC3c4ccccc4NC3[C@@H](c3ccc4c(c3)OCO4)N2C(=O)[C@H]2Cc3c([nH]c4ccccc34)[C@@H](c3ccc4c(c3)OCO4)N12. The summed E-state index contributed by atoms with van der Waals surface area (Å²) in [5.74, 6) is 2.60. The van der Waals surface area contributed by atoms with Crippen LogP contribution >= 0.6 is 0 Å². The summed E-state index contributed by atoms with van der Waals surface area (Å²) in [4.78, 5) is 37.9. The van der Waals surface area contributed by atoms with Gasteiger partial charge in [-0.3, -0.25) is 9.59 Å². The van der Waals surface area contributed by atoms with Crippen molar-refractivity contribution < 1.29 is 28.5 Å². The number of H-pyrrole nitrogens is 1. The average molecular weight is 639 g/mol. The first-order chi connectivity index (χ1) is 23.6. The van der Waals surface area contributed by atoms with Gasteiger partial charge >= 0.3 is 0 Å². The highest BCUT2D eigenvalue weighted by molar-refractivity contribution is 6.00. The van der Waals surface area contributed by atoms with Crippen LogP contribution < -0.4 is 24.3 Å². The van der Waals surface area contributed by atoms with Crippen LogP contribution in [0, 0.1) is 0 Å². The van der Waals surface area contributed by atoms with Crippen LogP contribution in [0.4, 0.5) is 5.69 Å². The minimum absolute atomic E-state index is 0.0311. The summed E-state index contributed by atoms with van der Waals surface area (Å²) in [7, 11) is 0. The number of nitrogens with zero attached hydrogens (tertiary/aromatic N) is 2. The van der Waals surface area contributed by atoms with Crippen molar-refractivity contribution >= 4 is 28.4 Å². The van der Waals surface area contributed by atoms with E-state index in [1.54, 1.807) is 0 Å². The Kier molecular flexibility index (Phi) is 5.21. The number of nitrogens with one attached hydrogen (secondary N) is 2. The minimum atomic E-state index is -0.687. The van der Waals surface area contributed by atoms with Crippen molar-refractivity contribution in [2.75, 3.05) is 18.9 Å². The molecular weight excluding hydrogens is 608 g/mol. The monoisotopic (exact) mass is 638 g/mol. The summed E-state index contributed by atoms with van der Waals surface area (Å²) >= 11 is 0. The summed E-state index contributed by atoms with van der Waals surface area (Å²) in [6.45, 7) is 0.315. The highest BCUT2D eigenvalue weighted by atomic mass is 16.7. The lowest BCUT2D eigenvalue weighted by Crippen LogP contribution is -2.70. The van der Waals surface area contributed by atoms with Crippen molar-refractivity contribution in [3.63, 3.8) is 0 Å². The summed E-state index contributed by atoms with van der Waals surface area (Å²) in [5.41, 5.74) is 7.02. The first kappa shape index (κ1) is 26.4. The molecular formula is C38H30N4O6. The molecule has 0 spiro atoms. The van der Waals surface area contributed by atoms with Gasteiger partial charge in [-0.2, -0.15) is 0 Å². The highest BCUT2D eigenvalue weighted by Crippen LogP contribution is 2.54. The molecule has 6 atom stereocenters. The first-order valence-electron chi connectivity index (χ1n) is 16.5. The van der Waals surface area contributed by atoms with Crippen LogP contribution in [0.3, 0.4) is 0 Å². The summed E-state index contributed by atoms with van der Waals surface area (Å²) in [5, 5.41) is 4.83. The molecule has 0 bridgehead atoms. The minimum Gasteiger partial charge on any atom is -0.454 e. The van der Waals surface area contributed by atoms with E-state index in [1.165, 1.54) is 5.56 Å². The van der Waals surface area contributed by atoms with Gasteiger partial charge in [0.15, 0.2) is 23.0 Å². The lowest BCUT2D eigenvalue weighted by molar-refractivity contribution is -0.171. The molecule has 2 N–H and O–H groups in total. The second kappa shape index (κ2) is 9.47. The van der Waals surface area contributed by atoms with Crippen molar-refractivity contribution in [1.29, 1.82) is 0 Å². The number of amides is 2. The molecule has 10 heteroatoms. The number of piperazine rings is 1. The van der Waals surface area contributed by atoms with Crippen LogP contribution in [-0.4, -0.2) is 58.3 Å². The number of piperidine rings is 1. The molecule has 0 radical (unpaired) electrons. The predicted octanol–water partition coefficient (Wildman–Crippen LogP) is 5.40. The normalized spacial score (nSPS) is 27.2. The fourth-order valence-corrected chi connectivity index (χ4v) is 9.22. The molecule has 11 rings (SSSR count). The molecule has 2 amide bonds. The number of para-hydroxylation sites is 2. The molecule has 7 heterocycles. The van der Waals surface area contributed by atoms with E-state index in [9.17, 15) is 0 Å². The second-order valence-corrected chi connectivity index (χ2v) is 13.5. The first-order valence-corrected chi connectivity index (χ1v) is 16.5. The van der Waals surface area contributed by atoms with Crippen LogP contribution in [0.2, 0.25) is 0 Å². The molecule has 0 saturated carbocycles. The number of hydrogen-bond donors (Lipinski definition) is 2. The topological polar surface area (TPSA) is 105 Å². The van der Waals surface area contributed by atoms with E-state index in [4.69, 9.17) is 18.9 Å². The molecule has 6 aliphatic rings. The molecule has 6 aliphatic heterocycles. The fourth-order valence-electron chi connectivity index (χ4n) is 9.22. The Labute approximate surface area is 275 Å². The molecule has 5 aromatic rings. The number of aromatic amines is 1. The van der Waals surface area contributed by atoms with Gasteiger partial charge in [0.25, 0.3) is 0 Å². The zero-order chi connectivity index (χ0) is 31.7. The number of carbonyl (C=O) groups excluding carboxylic acids is 2. The van der Waals surface area contributed by atoms with Crippen LogP contribution in [-0.2, 0) is 16.0 Å². The lowest BCUT2D eigenvalue weighted by Gasteiger charge is -2.56. The maximum atomic E-state index is 15.2. The van der Waals surface area contributed by atoms with Gasteiger partial charge < -0.3 is 39.0 Å². The number of carbonyl (C=O) groups is 2. The maximum absolute atomic E-state index is 15.2. The number of fused-ring (bicyclic) bond motifs is 10. The number of rotatable bonds is 2. The molecule has 0 aliphatic carbocycles. The molecule has 2 fully saturated rings.